The van der Waals surface area contributed by atoms with Crippen LogP contribution in [0.4, 0.5) is 0 Å². The minimum atomic E-state index is -0.511. The van der Waals surface area contributed by atoms with Crippen molar-refractivity contribution < 1.29 is 9.53 Å². The van der Waals surface area contributed by atoms with Crippen LogP contribution in [0.3, 0.4) is 0 Å². The molecule has 0 spiro atoms. The van der Waals surface area contributed by atoms with Crippen molar-refractivity contribution in [2.75, 3.05) is 13.7 Å². The molecule has 3 aromatic rings. The number of ether oxygens (including phenoxy) is 1. The van der Waals surface area contributed by atoms with Gasteiger partial charge in [-0.25, -0.2) is 0 Å². The number of benzene rings is 3. The first kappa shape index (κ1) is 18.1. The van der Waals surface area contributed by atoms with Crippen molar-refractivity contribution in [2.24, 2.45) is 5.41 Å². The molecule has 0 radical (unpaired) electrons. The predicted octanol–water partition coefficient (Wildman–Crippen LogP) is 4.84. The van der Waals surface area contributed by atoms with Crippen molar-refractivity contribution in [3.05, 3.63) is 95.6 Å². The summed E-state index contributed by atoms with van der Waals surface area (Å²) in [4.78, 5) is 15.3. The van der Waals surface area contributed by atoms with Crippen molar-refractivity contribution in [1.82, 2.24) is 4.90 Å². The summed E-state index contributed by atoms with van der Waals surface area (Å²) in [6.45, 7) is 5.11. The molecule has 3 heteroatoms. The first-order valence-corrected chi connectivity index (χ1v) is 10.1. The highest BCUT2D eigenvalue weighted by Crippen LogP contribution is 2.59. The first-order valence-electron chi connectivity index (χ1n) is 10.1. The zero-order valence-corrected chi connectivity index (χ0v) is 17.1. The van der Waals surface area contributed by atoms with Crippen LogP contribution < -0.4 is 0 Å². The maximum atomic E-state index is 12.9. The van der Waals surface area contributed by atoms with Crippen LogP contribution in [0.2, 0.25) is 0 Å². The normalized spacial score (nSPS) is 21.0. The molecule has 3 aromatic carbocycles. The minimum absolute atomic E-state index is 0.151. The lowest BCUT2D eigenvalue weighted by atomic mass is 9.67. The third-order valence-corrected chi connectivity index (χ3v) is 6.60. The van der Waals surface area contributed by atoms with Crippen molar-refractivity contribution in [2.45, 2.75) is 25.4 Å². The van der Waals surface area contributed by atoms with E-state index in [2.05, 4.69) is 91.5 Å². The SMILES string of the molecule is COC(=O)[C@@H]1N(C2(c3ccccc3)c3ccccc3-c3ccccc32)CC1(C)C. The smallest absolute Gasteiger partial charge is 0.323 e. The van der Waals surface area contributed by atoms with Crippen LogP contribution in [0, 0.1) is 5.41 Å². The zero-order valence-electron chi connectivity index (χ0n) is 17.1. The molecule has 3 nitrogen and oxygen atoms in total. The Morgan fingerprint density at radius 2 is 1.38 bits per heavy atom. The molecule has 0 N–H and O–H groups in total. The summed E-state index contributed by atoms with van der Waals surface area (Å²) in [6, 6.07) is 27.4. The minimum Gasteiger partial charge on any atom is -0.468 e. The van der Waals surface area contributed by atoms with E-state index >= 15 is 0 Å². The van der Waals surface area contributed by atoms with E-state index in [1.165, 1.54) is 34.9 Å². The number of methoxy groups -OCH3 is 1. The van der Waals surface area contributed by atoms with Gasteiger partial charge in [0.05, 0.1) is 12.6 Å². The molecule has 0 unspecified atom stereocenters. The Hall–Kier alpha value is -2.91. The molecule has 0 amide bonds. The second-order valence-corrected chi connectivity index (χ2v) is 8.71. The van der Waals surface area contributed by atoms with Crippen LogP contribution in [0.25, 0.3) is 11.1 Å². The van der Waals surface area contributed by atoms with Crippen LogP contribution in [0.1, 0.15) is 30.5 Å². The van der Waals surface area contributed by atoms with E-state index in [9.17, 15) is 4.79 Å². The molecule has 29 heavy (non-hydrogen) atoms. The topological polar surface area (TPSA) is 29.5 Å². The van der Waals surface area contributed by atoms with Gasteiger partial charge < -0.3 is 4.74 Å². The quantitative estimate of drug-likeness (QED) is 0.606. The van der Waals surface area contributed by atoms with Crippen molar-refractivity contribution in [3.8, 4) is 11.1 Å². The molecule has 1 aliphatic carbocycles. The van der Waals surface area contributed by atoms with Gasteiger partial charge in [-0.05, 0) is 27.8 Å². The number of carbonyl (C=O) groups is 1. The molecular weight excluding hydrogens is 358 g/mol. The van der Waals surface area contributed by atoms with Crippen LogP contribution in [0.15, 0.2) is 78.9 Å². The maximum Gasteiger partial charge on any atom is 0.323 e. The number of nitrogens with zero attached hydrogens (tertiary/aromatic N) is 1. The third kappa shape index (κ3) is 2.31. The largest absolute Gasteiger partial charge is 0.468 e. The highest BCUT2D eigenvalue weighted by atomic mass is 16.5. The fourth-order valence-corrected chi connectivity index (χ4v) is 5.47. The molecule has 1 atom stereocenters. The Morgan fingerprint density at radius 1 is 0.862 bits per heavy atom. The molecule has 2 aliphatic rings. The predicted molar refractivity (Wildman–Crippen MR) is 114 cm³/mol. The summed E-state index contributed by atoms with van der Waals surface area (Å²) in [5, 5.41) is 0. The van der Waals surface area contributed by atoms with Gasteiger partial charge in [0.15, 0.2) is 0 Å². The molecule has 0 saturated carbocycles. The van der Waals surface area contributed by atoms with E-state index in [1.807, 2.05) is 6.07 Å². The average molecular weight is 383 g/mol. The van der Waals surface area contributed by atoms with Crippen molar-refractivity contribution >= 4 is 5.97 Å². The van der Waals surface area contributed by atoms with Crippen molar-refractivity contribution in [1.29, 1.82) is 0 Å². The van der Waals surface area contributed by atoms with E-state index in [-0.39, 0.29) is 17.4 Å². The molecule has 5 rings (SSSR count). The molecule has 1 fully saturated rings. The third-order valence-electron chi connectivity index (χ3n) is 6.60. The van der Waals surface area contributed by atoms with Gasteiger partial charge in [0.2, 0.25) is 0 Å². The van der Waals surface area contributed by atoms with Gasteiger partial charge in [0, 0.05) is 12.0 Å². The second-order valence-electron chi connectivity index (χ2n) is 8.71. The molecule has 146 valence electrons. The summed E-state index contributed by atoms with van der Waals surface area (Å²) < 4.78 is 5.26. The van der Waals surface area contributed by atoms with Crippen LogP contribution >= 0.6 is 0 Å². The summed E-state index contributed by atoms with van der Waals surface area (Å²) in [6.07, 6.45) is 0. The Labute approximate surface area is 171 Å². The van der Waals surface area contributed by atoms with Gasteiger partial charge in [-0.15, -0.1) is 0 Å². The number of rotatable bonds is 3. The number of fused-ring (bicyclic) bond motifs is 3. The van der Waals surface area contributed by atoms with Gasteiger partial charge in [-0.2, -0.15) is 0 Å². The summed E-state index contributed by atoms with van der Waals surface area (Å²) >= 11 is 0. The Bertz CT molecular complexity index is 1040. The molecule has 1 saturated heterocycles. The highest BCUT2D eigenvalue weighted by Gasteiger charge is 2.62. The van der Waals surface area contributed by atoms with E-state index in [4.69, 9.17) is 4.74 Å². The molecule has 0 bridgehead atoms. The first-order chi connectivity index (χ1) is 14.0. The number of hydrogen-bond acceptors (Lipinski definition) is 3. The Morgan fingerprint density at radius 3 is 1.90 bits per heavy atom. The van der Waals surface area contributed by atoms with Crippen LogP contribution in [-0.4, -0.2) is 30.6 Å². The van der Waals surface area contributed by atoms with Gasteiger partial charge >= 0.3 is 5.97 Å². The van der Waals surface area contributed by atoms with E-state index in [0.29, 0.717) is 0 Å². The lowest BCUT2D eigenvalue weighted by molar-refractivity contribution is -0.173. The lowest BCUT2D eigenvalue weighted by Gasteiger charge is -2.60. The highest BCUT2D eigenvalue weighted by molar-refractivity contribution is 5.85. The summed E-state index contributed by atoms with van der Waals surface area (Å²) in [7, 11) is 1.49. The fraction of sp³-hybridized carbons (Fsp3) is 0.269. The Kier molecular flexibility index (Phi) is 3.94. The molecule has 1 heterocycles. The number of esters is 1. The summed E-state index contributed by atoms with van der Waals surface area (Å²) in [5.41, 5.74) is 5.46. The van der Waals surface area contributed by atoms with Crippen molar-refractivity contribution in [3.63, 3.8) is 0 Å². The Balaban J connectivity index is 1.85. The zero-order chi connectivity index (χ0) is 20.2. The van der Waals surface area contributed by atoms with E-state index < -0.39 is 5.54 Å². The van der Waals surface area contributed by atoms with E-state index in [0.717, 1.165) is 6.54 Å². The number of likely N-dealkylation sites (tertiary alicyclic amines) is 1. The molecule has 1 aliphatic heterocycles. The maximum absolute atomic E-state index is 12.9. The van der Waals surface area contributed by atoms with Gasteiger partial charge in [-0.1, -0.05) is 92.7 Å². The molecular formula is C26H25NO2. The summed E-state index contributed by atoms with van der Waals surface area (Å²) in [5.74, 6) is -0.168. The average Bonchev–Trinajstić information content (AvgIpc) is 3.04. The van der Waals surface area contributed by atoms with Crippen LogP contribution in [0.5, 0.6) is 0 Å². The van der Waals surface area contributed by atoms with Crippen LogP contribution in [-0.2, 0) is 15.1 Å². The van der Waals surface area contributed by atoms with E-state index in [1.54, 1.807) is 0 Å². The number of carbonyl (C=O) groups excluding carboxylic acids is 1. The van der Waals surface area contributed by atoms with Gasteiger partial charge in [0.25, 0.3) is 0 Å². The standard InChI is InChI=1S/C26H25NO2/c1-25(2)17-27(23(25)24(28)29-3)26(18-11-5-4-6-12-18)21-15-9-7-13-19(21)20-14-8-10-16-22(20)26/h4-16,23H,17H2,1-3H3/t23-/m0/s1. The van der Waals surface area contributed by atoms with Gasteiger partial charge in [-0.3, -0.25) is 9.69 Å². The lowest BCUT2D eigenvalue weighted by Crippen LogP contribution is -2.71. The molecule has 0 aromatic heterocycles. The van der Waals surface area contributed by atoms with Gasteiger partial charge in [0.1, 0.15) is 6.04 Å². The number of hydrogen-bond donors (Lipinski definition) is 0. The second kappa shape index (κ2) is 6.30. The fourth-order valence-electron chi connectivity index (χ4n) is 5.47. The monoisotopic (exact) mass is 383 g/mol.